The largest absolute Gasteiger partial charge is 0.508 e. The Labute approximate surface area is 119 Å². The fraction of sp³-hybridized carbons (Fsp3) is 0.667. The van der Waals surface area contributed by atoms with Crippen molar-refractivity contribution in [1.29, 1.82) is 0 Å². The highest BCUT2D eigenvalue weighted by molar-refractivity contribution is 5.42. The first kappa shape index (κ1) is 16.1. The Morgan fingerprint density at radius 3 is 1.42 bits per heavy atom. The van der Waals surface area contributed by atoms with E-state index in [4.69, 9.17) is 0 Å². The molecule has 0 spiro atoms. The van der Waals surface area contributed by atoms with Crippen molar-refractivity contribution in [2.75, 3.05) is 0 Å². The predicted octanol–water partition coefficient (Wildman–Crippen LogP) is 4.99. The van der Waals surface area contributed by atoms with Gasteiger partial charge in [-0.15, -0.1) is 0 Å². The van der Waals surface area contributed by atoms with E-state index in [1.54, 1.807) is 0 Å². The SMILES string of the molecule is CC(C)Cc1cc(O)cc(CC(C)C)c1CC(C)C. The van der Waals surface area contributed by atoms with Crippen LogP contribution in [0.3, 0.4) is 0 Å². The van der Waals surface area contributed by atoms with E-state index in [2.05, 4.69) is 41.5 Å². The zero-order chi connectivity index (χ0) is 14.6. The molecule has 0 aliphatic heterocycles. The Morgan fingerprint density at radius 2 is 1.11 bits per heavy atom. The molecule has 0 atom stereocenters. The molecule has 0 amide bonds. The molecular weight excluding hydrogens is 232 g/mol. The molecule has 0 unspecified atom stereocenters. The van der Waals surface area contributed by atoms with Crippen LogP contribution in [0.2, 0.25) is 0 Å². The highest BCUT2D eigenvalue weighted by Crippen LogP contribution is 2.28. The van der Waals surface area contributed by atoms with Gasteiger partial charge in [-0.2, -0.15) is 0 Å². The van der Waals surface area contributed by atoms with Gasteiger partial charge in [0.2, 0.25) is 0 Å². The summed E-state index contributed by atoms with van der Waals surface area (Å²) in [4.78, 5) is 0. The van der Waals surface area contributed by atoms with Gasteiger partial charge in [0, 0.05) is 0 Å². The highest BCUT2D eigenvalue weighted by Gasteiger charge is 2.14. The van der Waals surface area contributed by atoms with Gasteiger partial charge in [-0.25, -0.2) is 0 Å². The maximum absolute atomic E-state index is 9.98. The molecule has 0 fully saturated rings. The zero-order valence-electron chi connectivity index (χ0n) is 13.5. The first-order valence-electron chi connectivity index (χ1n) is 7.63. The van der Waals surface area contributed by atoms with Crippen molar-refractivity contribution in [2.45, 2.75) is 60.8 Å². The van der Waals surface area contributed by atoms with Crippen LogP contribution in [0.5, 0.6) is 5.75 Å². The Hall–Kier alpha value is -0.980. The highest BCUT2D eigenvalue weighted by atomic mass is 16.3. The van der Waals surface area contributed by atoms with Crippen molar-refractivity contribution in [3.63, 3.8) is 0 Å². The van der Waals surface area contributed by atoms with Crippen molar-refractivity contribution in [2.24, 2.45) is 17.8 Å². The van der Waals surface area contributed by atoms with Gasteiger partial charge in [-0.1, -0.05) is 41.5 Å². The van der Waals surface area contributed by atoms with Gasteiger partial charge in [-0.05, 0) is 65.8 Å². The second-order valence-corrected chi connectivity index (χ2v) is 7.04. The first-order valence-corrected chi connectivity index (χ1v) is 7.63. The standard InChI is InChI=1S/C18H30O/c1-12(2)7-15-10-17(19)11-16(8-13(3)4)18(15)9-14(5)6/h10-14,19H,7-9H2,1-6H3. The van der Waals surface area contributed by atoms with Crippen LogP contribution in [0, 0.1) is 17.8 Å². The molecule has 19 heavy (non-hydrogen) atoms. The molecule has 1 N–H and O–H groups in total. The van der Waals surface area contributed by atoms with Crippen LogP contribution in [-0.2, 0) is 19.3 Å². The molecule has 0 radical (unpaired) electrons. The summed E-state index contributed by atoms with van der Waals surface area (Å²) < 4.78 is 0. The molecule has 0 aliphatic rings. The molecule has 0 saturated heterocycles. The molecule has 1 nitrogen and oxygen atoms in total. The number of rotatable bonds is 6. The molecule has 1 aromatic rings. The number of benzene rings is 1. The second-order valence-electron chi connectivity index (χ2n) is 7.04. The van der Waals surface area contributed by atoms with E-state index in [9.17, 15) is 5.11 Å². The molecule has 0 heterocycles. The van der Waals surface area contributed by atoms with Crippen molar-refractivity contribution >= 4 is 0 Å². The quantitative estimate of drug-likeness (QED) is 0.766. The van der Waals surface area contributed by atoms with Crippen molar-refractivity contribution in [1.82, 2.24) is 0 Å². The summed E-state index contributed by atoms with van der Waals surface area (Å²) in [6.07, 6.45) is 3.23. The zero-order valence-corrected chi connectivity index (χ0v) is 13.5. The minimum absolute atomic E-state index is 0.429. The average Bonchev–Trinajstić information content (AvgIpc) is 2.20. The van der Waals surface area contributed by atoms with Gasteiger partial charge in [0.25, 0.3) is 0 Å². The summed E-state index contributed by atoms with van der Waals surface area (Å²) in [5.74, 6) is 2.33. The van der Waals surface area contributed by atoms with E-state index in [-0.39, 0.29) is 0 Å². The van der Waals surface area contributed by atoms with Gasteiger partial charge in [0.1, 0.15) is 5.75 Å². The van der Waals surface area contributed by atoms with E-state index in [1.807, 2.05) is 12.1 Å². The summed E-state index contributed by atoms with van der Waals surface area (Å²) in [7, 11) is 0. The number of phenolic OH excluding ortho intramolecular Hbond substituents is 1. The van der Waals surface area contributed by atoms with Crippen molar-refractivity contribution in [3.8, 4) is 5.75 Å². The van der Waals surface area contributed by atoms with Crippen LogP contribution >= 0.6 is 0 Å². The molecule has 0 aliphatic carbocycles. The fourth-order valence-corrected chi connectivity index (χ4v) is 2.69. The number of hydrogen-bond acceptors (Lipinski definition) is 1. The van der Waals surface area contributed by atoms with Crippen molar-refractivity contribution in [3.05, 3.63) is 28.8 Å². The van der Waals surface area contributed by atoms with Gasteiger partial charge in [-0.3, -0.25) is 0 Å². The van der Waals surface area contributed by atoms with E-state index in [1.165, 1.54) is 16.7 Å². The monoisotopic (exact) mass is 262 g/mol. The van der Waals surface area contributed by atoms with E-state index >= 15 is 0 Å². The first-order chi connectivity index (χ1) is 8.79. The third-order valence-corrected chi connectivity index (χ3v) is 3.29. The van der Waals surface area contributed by atoms with Crippen LogP contribution in [0.15, 0.2) is 12.1 Å². The average molecular weight is 262 g/mol. The lowest BCUT2D eigenvalue weighted by molar-refractivity contribution is 0.471. The summed E-state index contributed by atoms with van der Waals surface area (Å²) in [6.45, 7) is 13.5. The summed E-state index contributed by atoms with van der Waals surface area (Å²) >= 11 is 0. The lowest BCUT2D eigenvalue weighted by atomic mass is 9.86. The van der Waals surface area contributed by atoms with Crippen LogP contribution in [0.1, 0.15) is 58.2 Å². The molecular formula is C18H30O. The molecule has 0 aromatic heterocycles. The number of phenols is 1. The predicted molar refractivity (Wildman–Crippen MR) is 83.7 cm³/mol. The fourth-order valence-electron chi connectivity index (χ4n) is 2.69. The maximum atomic E-state index is 9.98. The third kappa shape index (κ3) is 5.26. The third-order valence-electron chi connectivity index (χ3n) is 3.29. The molecule has 108 valence electrons. The molecule has 1 rings (SSSR count). The summed E-state index contributed by atoms with van der Waals surface area (Å²) in [5.41, 5.74) is 4.17. The summed E-state index contributed by atoms with van der Waals surface area (Å²) in [5, 5.41) is 9.98. The Bertz CT molecular complexity index is 371. The van der Waals surface area contributed by atoms with Crippen LogP contribution in [-0.4, -0.2) is 5.11 Å². The Kier molecular flexibility index (Phi) is 5.90. The minimum Gasteiger partial charge on any atom is -0.508 e. The van der Waals surface area contributed by atoms with Crippen LogP contribution in [0.25, 0.3) is 0 Å². The molecule has 0 bridgehead atoms. The van der Waals surface area contributed by atoms with E-state index < -0.39 is 0 Å². The number of hydrogen-bond donors (Lipinski definition) is 1. The van der Waals surface area contributed by atoms with Gasteiger partial charge in [0.05, 0.1) is 0 Å². The minimum atomic E-state index is 0.429. The maximum Gasteiger partial charge on any atom is 0.116 e. The number of aromatic hydroxyl groups is 1. The summed E-state index contributed by atoms with van der Waals surface area (Å²) in [6, 6.07) is 3.95. The van der Waals surface area contributed by atoms with Crippen LogP contribution < -0.4 is 0 Å². The lowest BCUT2D eigenvalue weighted by Crippen LogP contribution is -2.08. The Balaban J connectivity index is 3.21. The van der Waals surface area contributed by atoms with Gasteiger partial charge < -0.3 is 5.11 Å². The van der Waals surface area contributed by atoms with Crippen LogP contribution in [0.4, 0.5) is 0 Å². The molecule has 0 saturated carbocycles. The molecule has 1 aromatic carbocycles. The van der Waals surface area contributed by atoms with E-state index in [0.29, 0.717) is 23.5 Å². The smallest absolute Gasteiger partial charge is 0.116 e. The Morgan fingerprint density at radius 1 is 0.737 bits per heavy atom. The topological polar surface area (TPSA) is 20.2 Å². The van der Waals surface area contributed by atoms with E-state index in [0.717, 1.165) is 19.3 Å². The second kappa shape index (κ2) is 6.98. The lowest BCUT2D eigenvalue weighted by Gasteiger charge is -2.20. The van der Waals surface area contributed by atoms with Gasteiger partial charge >= 0.3 is 0 Å². The normalized spacial score (nSPS) is 11.8. The van der Waals surface area contributed by atoms with Gasteiger partial charge in [0.15, 0.2) is 0 Å². The molecule has 1 heteroatoms. The van der Waals surface area contributed by atoms with Crippen molar-refractivity contribution < 1.29 is 5.11 Å².